The van der Waals surface area contributed by atoms with Crippen LogP contribution in [0.2, 0.25) is 0 Å². The van der Waals surface area contributed by atoms with Crippen molar-refractivity contribution in [2.24, 2.45) is 11.7 Å². The normalized spacial score (nSPS) is 14.1. The summed E-state index contributed by atoms with van der Waals surface area (Å²) in [5, 5.41) is 0. The molecule has 18 heavy (non-hydrogen) atoms. The lowest BCUT2D eigenvalue weighted by molar-refractivity contribution is 0.0747. The SMILES string of the molecule is CCCN(CC1CC1)C(=O)c1coc(CN)c1.Cl. The van der Waals surface area contributed by atoms with Gasteiger partial charge in [-0.05, 0) is 31.2 Å². The molecule has 0 aromatic carbocycles. The Morgan fingerprint density at radius 3 is 2.78 bits per heavy atom. The fourth-order valence-corrected chi connectivity index (χ4v) is 1.94. The molecule has 0 aliphatic heterocycles. The molecule has 1 aliphatic rings. The Balaban J connectivity index is 0.00000162. The summed E-state index contributed by atoms with van der Waals surface area (Å²) in [5.41, 5.74) is 6.09. The number of rotatable bonds is 6. The summed E-state index contributed by atoms with van der Waals surface area (Å²) in [7, 11) is 0. The van der Waals surface area contributed by atoms with Crippen molar-refractivity contribution in [3.8, 4) is 0 Å². The van der Waals surface area contributed by atoms with Crippen LogP contribution in [-0.2, 0) is 6.54 Å². The molecule has 0 unspecified atom stereocenters. The largest absolute Gasteiger partial charge is 0.467 e. The van der Waals surface area contributed by atoms with Gasteiger partial charge in [-0.1, -0.05) is 6.92 Å². The van der Waals surface area contributed by atoms with Crippen LogP contribution in [0, 0.1) is 5.92 Å². The monoisotopic (exact) mass is 272 g/mol. The molecule has 1 aromatic heterocycles. The Morgan fingerprint density at radius 2 is 2.28 bits per heavy atom. The van der Waals surface area contributed by atoms with E-state index in [4.69, 9.17) is 10.2 Å². The number of hydrogen-bond donors (Lipinski definition) is 1. The lowest BCUT2D eigenvalue weighted by atomic mass is 10.2. The van der Waals surface area contributed by atoms with E-state index < -0.39 is 0 Å². The molecule has 1 saturated carbocycles. The summed E-state index contributed by atoms with van der Waals surface area (Å²) in [4.78, 5) is 14.2. The maximum atomic E-state index is 12.3. The summed E-state index contributed by atoms with van der Waals surface area (Å²) in [6.45, 7) is 4.13. The van der Waals surface area contributed by atoms with Crippen LogP contribution in [-0.4, -0.2) is 23.9 Å². The van der Waals surface area contributed by atoms with E-state index >= 15 is 0 Å². The molecule has 1 fully saturated rings. The zero-order chi connectivity index (χ0) is 12.3. The average Bonchev–Trinajstić information content (AvgIpc) is 3.02. The molecule has 1 amide bonds. The molecule has 0 saturated heterocycles. The summed E-state index contributed by atoms with van der Waals surface area (Å²) < 4.78 is 5.21. The second-order valence-corrected chi connectivity index (χ2v) is 4.70. The van der Waals surface area contributed by atoms with E-state index in [-0.39, 0.29) is 18.3 Å². The van der Waals surface area contributed by atoms with Crippen molar-refractivity contribution >= 4 is 18.3 Å². The topological polar surface area (TPSA) is 59.5 Å². The van der Waals surface area contributed by atoms with Gasteiger partial charge in [0.15, 0.2) is 0 Å². The molecule has 2 rings (SSSR count). The maximum Gasteiger partial charge on any atom is 0.257 e. The number of furan rings is 1. The van der Waals surface area contributed by atoms with Gasteiger partial charge in [-0.2, -0.15) is 0 Å². The van der Waals surface area contributed by atoms with Crippen LogP contribution in [0.4, 0.5) is 0 Å². The Kier molecular flexibility index (Phi) is 5.69. The first-order valence-electron chi connectivity index (χ1n) is 6.31. The highest BCUT2D eigenvalue weighted by Crippen LogP contribution is 2.30. The summed E-state index contributed by atoms with van der Waals surface area (Å²) in [6.07, 6.45) is 5.01. The Labute approximate surface area is 114 Å². The number of nitrogens with zero attached hydrogens (tertiary/aromatic N) is 1. The summed E-state index contributed by atoms with van der Waals surface area (Å²) >= 11 is 0. The fraction of sp³-hybridized carbons (Fsp3) is 0.615. The van der Waals surface area contributed by atoms with Crippen molar-refractivity contribution in [1.29, 1.82) is 0 Å². The van der Waals surface area contributed by atoms with Crippen LogP contribution in [0.15, 0.2) is 16.7 Å². The number of hydrogen-bond acceptors (Lipinski definition) is 3. The molecule has 1 heterocycles. The van der Waals surface area contributed by atoms with Gasteiger partial charge in [-0.3, -0.25) is 4.79 Å². The lowest BCUT2D eigenvalue weighted by Crippen LogP contribution is -2.33. The standard InChI is InChI=1S/C13H20N2O2.ClH/c1-2-5-15(8-10-3-4-10)13(16)11-6-12(7-14)17-9-11;/h6,9-10H,2-5,7-8,14H2,1H3;1H. The fourth-order valence-electron chi connectivity index (χ4n) is 1.94. The predicted molar refractivity (Wildman–Crippen MR) is 72.8 cm³/mol. The number of carbonyl (C=O) groups excluding carboxylic acids is 1. The summed E-state index contributed by atoms with van der Waals surface area (Å²) in [5.74, 6) is 1.45. The number of halogens is 1. The minimum Gasteiger partial charge on any atom is -0.467 e. The molecule has 1 aliphatic carbocycles. The molecule has 4 nitrogen and oxygen atoms in total. The van der Waals surface area contributed by atoms with Crippen molar-refractivity contribution in [3.05, 3.63) is 23.7 Å². The van der Waals surface area contributed by atoms with Gasteiger partial charge in [-0.25, -0.2) is 0 Å². The van der Waals surface area contributed by atoms with Crippen LogP contribution in [0.3, 0.4) is 0 Å². The average molecular weight is 273 g/mol. The van der Waals surface area contributed by atoms with Gasteiger partial charge in [0.1, 0.15) is 12.0 Å². The van der Waals surface area contributed by atoms with Gasteiger partial charge in [0.2, 0.25) is 0 Å². The minimum atomic E-state index is 0. The Hall–Kier alpha value is -1.00. The van der Waals surface area contributed by atoms with E-state index in [1.54, 1.807) is 6.07 Å². The molecule has 0 bridgehead atoms. The second-order valence-electron chi connectivity index (χ2n) is 4.70. The zero-order valence-electron chi connectivity index (χ0n) is 10.7. The molecule has 0 radical (unpaired) electrons. The molecular weight excluding hydrogens is 252 g/mol. The van der Waals surface area contributed by atoms with Crippen LogP contribution in [0.25, 0.3) is 0 Å². The van der Waals surface area contributed by atoms with Crippen molar-refractivity contribution in [2.45, 2.75) is 32.7 Å². The molecule has 0 spiro atoms. The third kappa shape index (κ3) is 3.75. The Morgan fingerprint density at radius 1 is 1.56 bits per heavy atom. The smallest absolute Gasteiger partial charge is 0.257 e. The van der Waals surface area contributed by atoms with Crippen LogP contribution >= 0.6 is 12.4 Å². The van der Waals surface area contributed by atoms with Crippen molar-refractivity contribution in [2.75, 3.05) is 13.1 Å². The van der Waals surface area contributed by atoms with Crippen molar-refractivity contribution in [1.82, 2.24) is 4.90 Å². The van der Waals surface area contributed by atoms with E-state index in [0.717, 1.165) is 19.5 Å². The number of nitrogens with two attached hydrogens (primary N) is 1. The van der Waals surface area contributed by atoms with Crippen molar-refractivity contribution in [3.63, 3.8) is 0 Å². The highest BCUT2D eigenvalue weighted by atomic mass is 35.5. The van der Waals surface area contributed by atoms with Gasteiger partial charge in [0.05, 0.1) is 12.1 Å². The van der Waals surface area contributed by atoms with E-state index in [0.29, 0.717) is 23.8 Å². The van der Waals surface area contributed by atoms with Gasteiger partial charge in [-0.15, -0.1) is 12.4 Å². The van der Waals surface area contributed by atoms with E-state index in [1.807, 2.05) is 4.90 Å². The second kappa shape index (κ2) is 6.81. The molecule has 102 valence electrons. The minimum absolute atomic E-state index is 0. The molecule has 1 aromatic rings. The van der Waals surface area contributed by atoms with Gasteiger partial charge >= 0.3 is 0 Å². The quantitative estimate of drug-likeness (QED) is 0.865. The predicted octanol–water partition coefficient (Wildman–Crippen LogP) is 2.42. The molecule has 5 heteroatoms. The Bertz CT molecular complexity index is 388. The third-order valence-electron chi connectivity index (χ3n) is 3.06. The van der Waals surface area contributed by atoms with Crippen LogP contribution in [0.5, 0.6) is 0 Å². The summed E-state index contributed by atoms with van der Waals surface area (Å²) in [6, 6.07) is 1.75. The van der Waals surface area contributed by atoms with Crippen LogP contribution < -0.4 is 5.73 Å². The first kappa shape index (κ1) is 15.1. The van der Waals surface area contributed by atoms with E-state index in [2.05, 4.69) is 6.92 Å². The third-order valence-corrected chi connectivity index (χ3v) is 3.06. The maximum absolute atomic E-state index is 12.3. The number of amides is 1. The van der Waals surface area contributed by atoms with E-state index in [1.165, 1.54) is 19.1 Å². The van der Waals surface area contributed by atoms with E-state index in [9.17, 15) is 4.79 Å². The molecule has 2 N–H and O–H groups in total. The first-order chi connectivity index (χ1) is 8.24. The number of carbonyl (C=O) groups is 1. The van der Waals surface area contributed by atoms with Crippen LogP contribution in [0.1, 0.15) is 42.3 Å². The molecule has 0 atom stereocenters. The lowest BCUT2D eigenvalue weighted by Gasteiger charge is -2.21. The highest BCUT2D eigenvalue weighted by molar-refractivity contribution is 5.94. The highest BCUT2D eigenvalue weighted by Gasteiger charge is 2.27. The van der Waals surface area contributed by atoms with Gasteiger partial charge < -0.3 is 15.1 Å². The van der Waals surface area contributed by atoms with Gasteiger partial charge in [0, 0.05) is 13.1 Å². The molecular formula is C13H21ClN2O2. The zero-order valence-corrected chi connectivity index (χ0v) is 11.5. The van der Waals surface area contributed by atoms with Gasteiger partial charge in [0.25, 0.3) is 5.91 Å². The van der Waals surface area contributed by atoms with Crippen molar-refractivity contribution < 1.29 is 9.21 Å². The first-order valence-corrected chi connectivity index (χ1v) is 6.31.